The van der Waals surface area contributed by atoms with E-state index in [0.717, 1.165) is 32.6 Å². The summed E-state index contributed by atoms with van der Waals surface area (Å²) in [6.45, 7) is 16.1. The van der Waals surface area contributed by atoms with Gasteiger partial charge in [-0.2, -0.15) is 0 Å². The van der Waals surface area contributed by atoms with Crippen molar-refractivity contribution < 1.29 is 162 Å². The summed E-state index contributed by atoms with van der Waals surface area (Å²) < 4.78 is 4.88. The zero-order valence-electron chi connectivity index (χ0n) is 69.4. The van der Waals surface area contributed by atoms with E-state index in [-0.39, 0.29) is 186 Å². The van der Waals surface area contributed by atoms with Gasteiger partial charge in [-0.3, -0.25) is 106 Å². The van der Waals surface area contributed by atoms with Gasteiger partial charge in [0.1, 0.15) is 12.8 Å². The Morgan fingerprint density at radius 3 is 1.21 bits per heavy atom. The van der Waals surface area contributed by atoms with Crippen LogP contribution in [-0.4, -0.2) is 272 Å². The van der Waals surface area contributed by atoms with Gasteiger partial charge in [-0.1, -0.05) is 118 Å². The number of nitrogens with two attached hydrogens (primary N) is 1. The summed E-state index contributed by atoms with van der Waals surface area (Å²) in [5, 5.41) is 71.7. The normalized spacial score (nSPS) is 15.4. The van der Waals surface area contributed by atoms with E-state index >= 15 is 0 Å². The molecule has 0 radical (unpaired) electrons. The van der Waals surface area contributed by atoms with Gasteiger partial charge in [-0.15, -0.1) is 0 Å². The smallest absolute Gasteiger partial charge is 0.317 e. The van der Waals surface area contributed by atoms with Crippen LogP contribution in [0.2, 0.25) is 0 Å². The van der Waals surface area contributed by atoms with Crippen molar-refractivity contribution in [2.75, 3.05) is 85.3 Å². The molecule has 36 nitrogen and oxygen atoms in total. The fourth-order valence-electron chi connectivity index (χ4n) is 12.9. The fraction of sp³-hybridized carbons (Fsp3) is 0.772. The second-order valence-electron chi connectivity index (χ2n) is 30.5. The van der Waals surface area contributed by atoms with Gasteiger partial charge >= 0.3 is 35.8 Å². The number of carboxylic acid groups (broad SMARTS) is 6. The van der Waals surface area contributed by atoms with E-state index < -0.39 is 183 Å². The maximum atomic E-state index is 13.8. The molecule has 0 aromatic carbocycles. The number of carboxylic acids is 6. The van der Waals surface area contributed by atoms with Crippen molar-refractivity contribution in [3.05, 3.63) is 0 Å². The van der Waals surface area contributed by atoms with E-state index in [2.05, 4.69) is 38.8 Å². The number of primary amides is 1. The zero-order chi connectivity index (χ0) is 87.0. The molecule has 0 aromatic rings. The maximum absolute atomic E-state index is 13.8. The average molecular weight is 1800 g/mol. The third-order valence-corrected chi connectivity index (χ3v) is 20.0. The fourth-order valence-corrected chi connectivity index (χ4v) is 12.9. The number of unbranched alkanes of at least 4 members (excludes halogenated alkanes) is 13. The van der Waals surface area contributed by atoms with Crippen LogP contribution >= 0.6 is 0 Å². The minimum absolute atomic E-state index is 0. The van der Waals surface area contributed by atoms with E-state index in [1.165, 1.54) is 64.2 Å². The molecule has 1 aliphatic heterocycles. The topological polar surface area (TPSA) is 549 Å². The van der Waals surface area contributed by atoms with Gasteiger partial charge in [0.2, 0.25) is 41.4 Å². The molecule has 1 saturated heterocycles. The van der Waals surface area contributed by atoms with Crippen molar-refractivity contribution >= 4 is 107 Å². The summed E-state index contributed by atoms with van der Waals surface area (Å²) in [5.74, 6) is -17.4. The Bertz CT molecular complexity index is 3040. The molecular formula is C79H135GdN11O25. The number of rotatable bonds is 63. The molecule has 116 heavy (non-hydrogen) atoms. The summed E-state index contributed by atoms with van der Waals surface area (Å²) >= 11 is 0. The summed E-state index contributed by atoms with van der Waals surface area (Å²) in [5.41, 5.74) is 5.59. The van der Waals surface area contributed by atoms with Gasteiger partial charge in [0.05, 0.1) is 43.8 Å². The van der Waals surface area contributed by atoms with Gasteiger partial charge in [0.25, 0.3) is 6.47 Å². The van der Waals surface area contributed by atoms with Crippen LogP contribution in [0.25, 0.3) is 0 Å². The molecule has 0 unspecified atom stereocenters. The largest absolute Gasteiger partial charge is 0.481 e. The van der Waals surface area contributed by atoms with E-state index in [1.807, 2.05) is 27.7 Å². The SMILES string of the molecule is CC(=O)N[C@@H](CCC(=O)O)C(=O)C[C@@H](CCC(=O)O)C(=O)N[C@@H](CCC(=O)O)C(=O)C[C@@H](CCC(=O)O)C(=O)N[C@@H](CCCCNC(=O)CN1CCN(CC(=O)O)CCN(COC=O)CCN(CC(=O)O)CC1)C(N)=O.CCCCCCCCCCCCCCCC(=O)N[C@@H](C)C(=O)C[C@H](C(=O)N[C@@H](C)C(=O)CC(C)C)[C@@H](C)CC.[Gd]. The van der Waals surface area contributed by atoms with E-state index in [9.17, 15) is 112 Å². The molecule has 664 valence electrons. The predicted molar refractivity (Wildman–Crippen MR) is 422 cm³/mol. The van der Waals surface area contributed by atoms with Gasteiger partial charge in [0.15, 0.2) is 23.1 Å². The van der Waals surface area contributed by atoms with Crippen molar-refractivity contribution in [2.24, 2.45) is 35.3 Å². The van der Waals surface area contributed by atoms with E-state index in [4.69, 9.17) is 15.6 Å². The number of ketones is 4. The summed E-state index contributed by atoms with van der Waals surface area (Å²) in [6, 6.07) is -5.63. The van der Waals surface area contributed by atoms with Crippen LogP contribution in [0.5, 0.6) is 0 Å². The van der Waals surface area contributed by atoms with Crippen molar-refractivity contribution in [3.8, 4) is 0 Å². The Hall–Kier alpha value is -7.58. The number of nitrogens with one attached hydrogen (secondary N) is 6. The van der Waals surface area contributed by atoms with Crippen LogP contribution < -0.4 is 37.6 Å². The average Bonchev–Trinajstić information content (AvgIpc) is 0.863. The molecular weight excluding hydrogens is 1660 g/mol. The van der Waals surface area contributed by atoms with Crippen molar-refractivity contribution in [1.82, 2.24) is 51.5 Å². The summed E-state index contributed by atoms with van der Waals surface area (Å²) in [6.07, 6.45) is 12.3. The van der Waals surface area contributed by atoms with Crippen LogP contribution in [0, 0.1) is 69.5 Å². The molecule has 7 amide bonds. The number of carbonyl (C=O) groups excluding carboxylic acids is 12. The number of nitrogens with zero attached hydrogens (tertiary/aromatic N) is 4. The van der Waals surface area contributed by atoms with E-state index in [0.29, 0.717) is 25.9 Å². The molecule has 1 heterocycles. The van der Waals surface area contributed by atoms with Crippen LogP contribution in [-0.2, 0) is 91.0 Å². The molecule has 1 fully saturated rings. The number of hydrogen-bond acceptors (Lipinski definition) is 23. The minimum atomic E-state index is -1.68. The van der Waals surface area contributed by atoms with Gasteiger partial charge in [-0.25, -0.2) is 0 Å². The Kier molecular flexibility index (Phi) is 62.3. The number of aliphatic carboxylic acids is 6. The quantitative estimate of drug-likeness (QED) is 0.0301. The zero-order valence-corrected chi connectivity index (χ0v) is 71.7. The van der Waals surface area contributed by atoms with Crippen LogP contribution in [0.15, 0.2) is 0 Å². The Balaban J connectivity index is 0. The maximum Gasteiger partial charge on any atom is 0.317 e. The first-order valence-electron chi connectivity index (χ1n) is 40.7. The van der Waals surface area contributed by atoms with Crippen LogP contribution in [0.3, 0.4) is 0 Å². The minimum Gasteiger partial charge on any atom is -0.481 e. The number of ether oxygens (including phenoxy) is 1. The number of Topliss-reactive ketones (excluding diaryl/α,β-unsaturated/α-hetero) is 4. The standard InChI is InChI=1S/C46H73N9O21.C33H62N2O4.Gd/c1-29(57)49-32(7-11-40(65)66)35(58)22-30(5-9-38(61)62)45(74)50-33(8-12-41(67)68)36(59)23-31(6-10-39(63)64)46(75)51-34(44(47)73)4-2-3-13-48-37(60)24-52-14-16-53(25-42(69)70)18-20-55(27-76-28-56)21-19-54(17-15-52)26-43(71)72;1-8-10-11-12-13-14-15-16-17-18-19-20-21-22-32(38)34-27(6)31(37)24-29(26(5)9-2)33(39)35-28(7)30(36)23-25(3)4;/h28,30-34H,2-27H2,1H3,(H2,47,73)(H,48,60)(H,49,57)(H,50,74)(H,51,75)(H,61,62)(H,63,64)(H,65,66)(H,67,68)(H,69,70)(H,71,72);25-29H,8-24H2,1-7H3,(H,34,38)(H,35,39);/t30-,31-,32+,33+,34+;26-,27-,28-,29-;/m10./s1. The molecule has 0 spiro atoms. The molecule has 0 aliphatic carbocycles. The molecule has 37 heteroatoms. The molecule has 0 bridgehead atoms. The Labute approximate surface area is 714 Å². The van der Waals surface area contributed by atoms with Crippen molar-refractivity contribution in [1.29, 1.82) is 0 Å². The van der Waals surface area contributed by atoms with Crippen LogP contribution in [0.1, 0.15) is 248 Å². The molecule has 1 aliphatic rings. The summed E-state index contributed by atoms with van der Waals surface area (Å²) in [4.78, 5) is 229. The molecule has 14 N–H and O–H groups in total. The second-order valence-corrected chi connectivity index (χ2v) is 30.5. The van der Waals surface area contributed by atoms with Crippen LogP contribution in [0.4, 0.5) is 0 Å². The van der Waals surface area contributed by atoms with E-state index in [1.54, 1.807) is 33.4 Å². The molecule has 0 aromatic heterocycles. The van der Waals surface area contributed by atoms with Gasteiger partial charge < -0.3 is 73.0 Å². The monoisotopic (exact) mass is 1800 g/mol. The number of amides is 7. The third kappa shape index (κ3) is 55.9. The number of hydrogen-bond donors (Lipinski definition) is 13. The predicted octanol–water partition coefficient (Wildman–Crippen LogP) is 4.08. The Morgan fingerprint density at radius 2 is 0.802 bits per heavy atom. The molecule has 0 saturated carbocycles. The van der Waals surface area contributed by atoms with Crippen molar-refractivity contribution in [3.63, 3.8) is 0 Å². The third-order valence-electron chi connectivity index (χ3n) is 20.0. The Morgan fingerprint density at radius 1 is 0.405 bits per heavy atom. The van der Waals surface area contributed by atoms with Gasteiger partial charge in [-0.05, 0) is 77.0 Å². The molecule has 9 atom stereocenters. The summed E-state index contributed by atoms with van der Waals surface area (Å²) in [7, 11) is 0. The first-order chi connectivity index (χ1) is 54.3. The number of carbonyl (C=O) groups is 18. The van der Waals surface area contributed by atoms with Crippen molar-refractivity contribution in [2.45, 2.75) is 278 Å². The first kappa shape index (κ1) is 110. The first-order valence-corrected chi connectivity index (χ1v) is 40.7. The van der Waals surface area contributed by atoms with Gasteiger partial charge in [0, 0.05) is 181 Å². The molecule has 1 rings (SSSR count). The second kappa shape index (κ2) is 65.4.